The Bertz CT molecular complexity index is 475. The van der Waals surface area contributed by atoms with Gasteiger partial charge in [0.1, 0.15) is 11.6 Å². The maximum atomic E-state index is 12.1. The van der Waals surface area contributed by atoms with Gasteiger partial charge in [-0.1, -0.05) is 27.7 Å². The van der Waals surface area contributed by atoms with Crippen LogP contribution in [-0.4, -0.2) is 49.6 Å². The summed E-state index contributed by atoms with van der Waals surface area (Å²) in [5.74, 6) is -0.0993. The van der Waals surface area contributed by atoms with Crippen LogP contribution >= 0.6 is 0 Å². The Balaban J connectivity index is 4.03. The molecule has 26 heavy (non-hydrogen) atoms. The maximum absolute atomic E-state index is 12.1. The molecule has 150 valence electrons. The number of carbonyl (C=O) groups is 4. The minimum atomic E-state index is -0.618. The molecule has 7 heteroatoms. The van der Waals surface area contributed by atoms with Gasteiger partial charge in [-0.15, -0.1) is 0 Å². The van der Waals surface area contributed by atoms with Gasteiger partial charge in [0.15, 0.2) is 0 Å². The topological polar surface area (TPSA) is 104 Å². The average molecular weight is 370 g/mol. The molecule has 0 saturated carbocycles. The molecule has 1 atom stereocenters. The molecular weight excluding hydrogens is 334 g/mol. The van der Waals surface area contributed by atoms with Crippen LogP contribution in [0.15, 0.2) is 0 Å². The number of rotatable bonds is 14. The summed E-state index contributed by atoms with van der Waals surface area (Å²) in [6.45, 7) is 8.26. The van der Waals surface area contributed by atoms with Crippen LogP contribution < -0.4 is 16.0 Å². The number of amides is 2. The first-order valence-corrected chi connectivity index (χ1v) is 9.46. The quantitative estimate of drug-likeness (QED) is 0.399. The minimum Gasteiger partial charge on any atom is -0.356 e. The third-order valence-electron chi connectivity index (χ3n) is 4.16. The highest BCUT2D eigenvalue weighted by atomic mass is 16.2. The van der Waals surface area contributed by atoms with E-state index >= 15 is 0 Å². The van der Waals surface area contributed by atoms with Gasteiger partial charge in [0, 0.05) is 37.8 Å². The van der Waals surface area contributed by atoms with Crippen molar-refractivity contribution in [2.75, 3.05) is 20.1 Å². The van der Waals surface area contributed by atoms with Crippen molar-refractivity contribution >= 4 is 23.4 Å². The van der Waals surface area contributed by atoms with Gasteiger partial charge in [-0.05, 0) is 19.9 Å². The lowest BCUT2D eigenvalue weighted by Crippen LogP contribution is -2.46. The van der Waals surface area contributed by atoms with Crippen LogP contribution in [0.5, 0.6) is 0 Å². The van der Waals surface area contributed by atoms with Crippen LogP contribution in [0.3, 0.4) is 0 Å². The van der Waals surface area contributed by atoms with Crippen LogP contribution in [0.4, 0.5) is 0 Å². The number of hydrogen-bond donors (Lipinski definition) is 3. The number of carbonyl (C=O) groups excluding carboxylic acids is 4. The third-order valence-corrected chi connectivity index (χ3v) is 4.16. The second kappa shape index (κ2) is 13.4. The summed E-state index contributed by atoms with van der Waals surface area (Å²) in [4.78, 5) is 47.1. The van der Waals surface area contributed by atoms with Crippen molar-refractivity contribution in [1.29, 1.82) is 0 Å². The largest absolute Gasteiger partial charge is 0.356 e. The van der Waals surface area contributed by atoms with E-state index in [-0.39, 0.29) is 41.6 Å². The Morgan fingerprint density at radius 2 is 1.23 bits per heavy atom. The molecule has 0 bridgehead atoms. The van der Waals surface area contributed by atoms with E-state index in [1.54, 1.807) is 7.05 Å². The molecule has 0 aliphatic carbocycles. The first-order valence-electron chi connectivity index (χ1n) is 9.46. The molecule has 0 aliphatic heterocycles. The van der Waals surface area contributed by atoms with E-state index in [4.69, 9.17) is 0 Å². The van der Waals surface area contributed by atoms with E-state index in [1.807, 2.05) is 27.7 Å². The summed E-state index contributed by atoms with van der Waals surface area (Å²) in [5, 5.41) is 8.32. The van der Waals surface area contributed by atoms with Gasteiger partial charge in [-0.3, -0.25) is 19.2 Å². The second-order valence-corrected chi connectivity index (χ2v) is 7.14. The molecule has 0 rings (SSSR count). The van der Waals surface area contributed by atoms with Crippen molar-refractivity contribution in [2.45, 2.75) is 65.8 Å². The van der Waals surface area contributed by atoms with Gasteiger partial charge >= 0.3 is 0 Å². The highest BCUT2D eigenvalue weighted by Gasteiger charge is 2.19. The fraction of sp³-hybridized carbons (Fsp3) is 0.789. The number of ketones is 2. The van der Waals surface area contributed by atoms with E-state index in [0.29, 0.717) is 38.8 Å². The first kappa shape index (κ1) is 24.2. The Morgan fingerprint density at radius 3 is 1.65 bits per heavy atom. The SMILES string of the molecule is CNC(CC(=O)NCCCC(=O)C(C)C)C(=O)NCCCC(=O)C(C)C. The monoisotopic (exact) mass is 369 g/mol. The Hall–Kier alpha value is -1.76. The zero-order valence-electron chi connectivity index (χ0n) is 16.8. The average Bonchev–Trinajstić information content (AvgIpc) is 2.59. The molecule has 0 aliphatic rings. The zero-order chi connectivity index (χ0) is 20.1. The molecule has 2 amide bonds. The molecule has 0 saturated heterocycles. The third kappa shape index (κ3) is 11.0. The number of nitrogens with one attached hydrogen (secondary N) is 3. The summed E-state index contributed by atoms with van der Waals surface area (Å²) >= 11 is 0. The molecule has 0 spiro atoms. The Labute approximate surface area is 157 Å². The molecule has 0 heterocycles. The minimum absolute atomic E-state index is 0.00952. The maximum Gasteiger partial charge on any atom is 0.237 e. The van der Waals surface area contributed by atoms with Crippen LogP contribution in [0, 0.1) is 11.8 Å². The van der Waals surface area contributed by atoms with E-state index in [1.165, 1.54) is 0 Å². The molecule has 0 fully saturated rings. The smallest absolute Gasteiger partial charge is 0.237 e. The number of Topliss-reactive ketones (excluding diaryl/α,β-unsaturated/α-hetero) is 2. The van der Waals surface area contributed by atoms with Crippen molar-refractivity contribution in [3.8, 4) is 0 Å². The number of likely N-dealkylation sites (N-methyl/N-ethyl adjacent to an activating group) is 1. The fourth-order valence-electron chi connectivity index (χ4n) is 2.25. The van der Waals surface area contributed by atoms with Gasteiger partial charge < -0.3 is 16.0 Å². The predicted molar refractivity (Wildman–Crippen MR) is 102 cm³/mol. The Morgan fingerprint density at radius 1 is 0.769 bits per heavy atom. The van der Waals surface area contributed by atoms with Gasteiger partial charge in [0.25, 0.3) is 0 Å². The van der Waals surface area contributed by atoms with Crippen LogP contribution in [0.25, 0.3) is 0 Å². The van der Waals surface area contributed by atoms with Crippen molar-refractivity contribution in [1.82, 2.24) is 16.0 Å². The molecule has 0 aromatic heterocycles. The van der Waals surface area contributed by atoms with Gasteiger partial charge in [0.05, 0.1) is 12.5 Å². The molecule has 1 unspecified atom stereocenters. The van der Waals surface area contributed by atoms with E-state index in [0.717, 1.165) is 0 Å². The van der Waals surface area contributed by atoms with Crippen molar-refractivity contribution in [3.05, 3.63) is 0 Å². The highest BCUT2D eigenvalue weighted by Crippen LogP contribution is 2.02. The van der Waals surface area contributed by atoms with Crippen molar-refractivity contribution in [3.63, 3.8) is 0 Å². The lowest BCUT2D eigenvalue weighted by Gasteiger charge is -2.16. The summed E-state index contributed by atoms with van der Waals surface area (Å²) in [5.41, 5.74) is 0. The van der Waals surface area contributed by atoms with Gasteiger partial charge in [-0.25, -0.2) is 0 Å². The fourth-order valence-corrected chi connectivity index (χ4v) is 2.25. The summed E-state index contributed by atoms with van der Waals surface area (Å²) in [7, 11) is 1.63. The predicted octanol–water partition coefficient (Wildman–Crippen LogP) is 1.21. The molecule has 3 N–H and O–H groups in total. The molecule has 0 aromatic carbocycles. The van der Waals surface area contributed by atoms with Gasteiger partial charge in [-0.2, -0.15) is 0 Å². The summed E-state index contributed by atoms with van der Waals surface area (Å²) in [6, 6.07) is -0.618. The van der Waals surface area contributed by atoms with Crippen LogP contribution in [0.1, 0.15) is 59.8 Å². The molecule has 7 nitrogen and oxygen atoms in total. The number of hydrogen-bond acceptors (Lipinski definition) is 5. The van der Waals surface area contributed by atoms with Crippen LogP contribution in [0.2, 0.25) is 0 Å². The highest BCUT2D eigenvalue weighted by molar-refractivity contribution is 5.88. The normalized spacial score (nSPS) is 12.1. The zero-order valence-corrected chi connectivity index (χ0v) is 16.8. The second-order valence-electron chi connectivity index (χ2n) is 7.14. The molecule has 0 radical (unpaired) electrons. The lowest BCUT2D eigenvalue weighted by molar-refractivity contribution is -0.128. The van der Waals surface area contributed by atoms with E-state index in [9.17, 15) is 19.2 Å². The molecule has 0 aromatic rings. The standard InChI is InChI=1S/C19H35N3O4/c1-13(2)16(23)8-6-10-21-18(25)12-15(20-5)19(26)22-11-7-9-17(24)14(3)4/h13-15,20H,6-12H2,1-5H3,(H,21,25)(H,22,26). The summed E-state index contributed by atoms with van der Waals surface area (Å²) in [6.07, 6.45) is 2.12. The van der Waals surface area contributed by atoms with Gasteiger partial charge in [0.2, 0.25) is 11.8 Å². The first-order chi connectivity index (χ1) is 12.2. The van der Waals surface area contributed by atoms with E-state index < -0.39 is 6.04 Å². The summed E-state index contributed by atoms with van der Waals surface area (Å²) < 4.78 is 0. The molecular formula is C19H35N3O4. The lowest BCUT2D eigenvalue weighted by atomic mass is 10.0. The van der Waals surface area contributed by atoms with Crippen molar-refractivity contribution in [2.24, 2.45) is 11.8 Å². The van der Waals surface area contributed by atoms with Crippen LogP contribution in [-0.2, 0) is 19.2 Å². The Kier molecular flexibility index (Phi) is 12.5. The van der Waals surface area contributed by atoms with E-state index in [2.05, 4.69) is 16.0 Å². The van der Waals surface area contributed by atoms with Crippen molar-refractivity contribution < 1.29 is 19.2 Å².